The molecule has 1 heterocycles. The van der Waals surface area contributed by atoms with Gasteiger partial charge in [0.2, 0.25) is 5.91 Å². The number of allylic oxidation sites excluding steroid dienone is 2. The van der Waals surface area contributed by atoms with E-state index in [1.165, 1.54) is 5.57 Å². The lowest BCUT2D eigenvalue weighted by atomic mass is 9.93. The number of carbonyl (C=O) groups excluding carboxylic acids is 1. The average Bonchev–Trinajstić information content (AvgIpc) is 2.78. The van der Waals surface area contributed by atoms with Crippen LogP contribution < -0.4 is 11.1 Å². The molecule has 2 rings (SSSR count). The number of nitrogens with two attached hydrogens (primary N) is 1. The molecule has 161 valence electrons. The summed E-state index contributed by atoms with van der Waals surface area (Å²) in [5, 5.41) is 5.04. The van der Waals surface area contributed by atoms with E-state index in [9.17, 15) is 4.79 Å². The molecule has 1 amide bonds. The largest absolute Gasteiger partial charge is 0.564 e. The summed E-state index contributed by atoms with van der Waals surface area (Å²) in [6.45, 7) is 8.00. The van der Waals surface area contributed by atoms with Crippen LogP contribution in [0, 0.1) is 17.8 Å². The summed E-state index contributed by atoms with van der Waals surface area (Å²) in [4.78, 5) is 17.3. The van der Waals surface area contributed by atoms with Gasteiger partial charge >= 0.3 is 7.48 Å². The maximum absolute atomic E-state index is 13.2. The Morgan fingerprint density at radius 3 is 2.71 bits per heavy atom. The van der Waals surface area contributed by atoms with E-state index in [-0.39, 0.29) is 12.5 Å². The number of benzene rings is 1. The summed E-state index contributed by atoms with van der Waals surface area (Å²) >= 11 is 0. The Morgan fingerprint density at radius 2 is 2.06 bits per heavy atom. The number of pyridine rings is 1. The highest BCUT2D eigenvalue weighted by Crippen LogP contribution is 2.24. The Labute approximate surface area is 186 Å². The van der Waals surface area contributed by atoms with Crippen LogP contribution >= 0.6 is 0 Å². The van der Waals surface area contributed by atoms with E-state index < -0.39 is 5.92 Å². The number of fused-ring (bicyclic) bond motifs is 1. The summed E-state index contributed by atoms with van der Waals surface area (Å²) in [7, 11) is 1.65. The van der Waals surface area contributed by atoms with E-state index in [0.29, 0.717) is 6.42 Å². The van der Waals surface area contributed by atoms with E-state index in [1.807, 2.05) is 37.2 Å². The van der Waals surface area contributed by atoms with Gasteiger partial charge in [0.05, 0.1) is 11.7 Å². The van der Waals surface area contributed by atoms with Crippen LogP contribution in [0.15, 0.2) is 59.6 Å². The summed E-state index contributed by atoms with van der Waals surface area (Å²) < 4.78 is 5.79. The first-order chi connectivity index (χ1) is 15.1. The van der Waals surface area contributed by atoms with E-state index in [2.05, 4.69) is 36.0 Å². The van der Waals surface area contributed by atoms with E-state index in [4.69, 9.17) is 10.4 Å². The minimum atomic E-state index is -0.514. The van der Waals surface area contributed by atoms with Crippen molar-refractivity contribution in [3.63, 3.8) is 0 Å². The van der Waals surface area contributed by atoms with Gasteiger partial charge in [-0.05, 0) is 60.6 Å². The topological polar surface area (TPSA) is 77.2 Å². The molecule has 1 aromatic carbocycles. The molecular formula is C25H31BN3O2. The zero-order valence-corrected chi connectivity index (χ0v) is 18.9. The molecule has 1 unspecified atom stereocenters. The molecular weight excluding hydrogens is 385 g/mol. The van der Waals surface area contributed by atoms with E-state index in [0.717, 1.165) is 40.6 Å². The number of rotatable bonds is 10. The first-order valence-corrected chi connectivity index (χ1v) is 10.7. The summed E-state index contributed by atoms with van der Waals surface area (Å²) in [6, 6.07) is 7.66. The Kier molecular flexibility index (Phi) is 9.86. The van der Waals surface area contributed by atoms with Crippen LogP contribution in [0.5, 0.6) is 0 Å². The molecule has 0 spiro atoms. The Morgan fingerprint density at radius 1 is 1.29 bits per heavy atom. The first-order valence-electron chi connectivity index (χ1n) is 10.7. The molecule has 3 N–H and O–H groups in total. The zero-order valence-electron chi connectivity index (χ0n) is 18.9. The summed E-state index contributed by atoms with van der Waals surface area (Å²) in [6.07, 6.45) is 7.66. The van der Waals surface area contributed by atoms with Gasteiger partial charge in [0.1, 0.15) is 0 Å². The lowest BCUT2D eigenvalue weighted by Gasteiger charge is -2.19. The number of anilines is 1. The van der Waals surface area contributed by atoms with Crippen molar-refractivity contribution in [2.75, 3.05) is 11.9 Å². The van der Waals surface area contributed by atoms with Crippen molar-refractivity contribution in [3.8, 4) is 11.8 Å². The fourth-order valence-electron chi connectivity index (χ4n) is 3.40. The number of nitrogens with one attached hydrogen (secondary N) is 1. The number of carbonyl (C=O) groups is 1. The van der Waals surface area contributed by atoms with Gasteiger partial charge < -0.3 is 15.7 Å². The summed E-state index contributed by atoms with van der Waals surface area (Å²) in [5.74, 6) is 6.09. The van der Waals surface area contributed by atoms with E-state index >= 15 is 0 Å². The highest BCUT2D eigenvalue weighted by Gasteiger charge is 2.22. The van der Waals surface area contributed by atoms with Crippen LogP contribution in [0.25, 0.3) is 10.8 Å². The van der Waals surface area contributed by atoms with Gasteiger partial charge in [-0.25, -0.2) is 0 Å². The van der Waals surface area contributed by atoms with Gasteiger partial charge in [0, 0.05) is 36.4 Å². The molecule has 2 aromatic rings. The summed E-state index contributed by atoms with van der Waals surface area (Å²) in [5.41, 5.74) is 8.80. The fraction of sp³-hybridized carbons (Fsp3) is 0.360. The van der Waals surface area contributed by atoms with Crippen molar-refractivity contribution < 1.29 is 9.45 Å². The first kappa shape index (κ1) is 24.2. The van der Waals surface area contributed by atoms with Gasteiger partial charge in [-0.1, -0.05) is 32.7 Å². The lowest BCUT2D eigenvalue weighted by molar-refractivity contribution is -0.118. The molecule has 31 heavy (non-hydrogen) atoms. The molecule has 0 fully saturated rings. The molecule has 0 bridgehead atoms. The second kappa shape index (κ2) is 12.6. The Hall–Kier alpha value is -3.04. The van der Waals surface area contributed by atoms with Crippen molar-refractivity contribution in [3.05, 3.63) is 59.6 Å². The lowest BCUT2D eigenvalue weighted by Crippen LogP contribution is -2.31. The van der Waals surface area contributed by atoms with Crippen LogP contribution in [0.4, 0.5) is 5.69 Å². The minimum absolute atomic E-state index is 0.158. The van der Waals surface area contributed by atoms with Crippen molar-refractivity contribution >= 4 is 29.8 Å². The standard InChI is InChI=1S/C25H31BN3O2/c1-5-8-9-20(15-24(31-26-4)18(6-2)7-3)23(16-27)25(30)29-22-11-10-21-17-28-13-12-19(21)14-22/h10-15,17,23H,6-7,9,16,27H2,1-4H3,(H,29,30)/b20-15+. The van der Waals surface area contributed by atoms with Gasteiger partial charge in [-0.3, -0.25) is 9.78 Å². The predicted molar refractivity (Wildman–Crippen MR) is 129 cm³/mol. The molecule has 0 saturated carbocycles. The molecule has 1 aromatic heterocycles. The van der Waals surface area contributed by atoms with Crippen LogP contribution in [-0.4, -0.2) is 24.9 Å². The molecule has 0 aliphatic rings. The quantitative estimate of drug-likeness (QED) is 0.251. The number of hydrogen-bond acceptors (Lipinski definition) is 4. The smallest absolute Gasteiger partial charge is 0.366 e. The van der Waals surface area contributed by atoms with Crippen LogP contribution in [0.2, 0.25) is 6.82 Å². The van der Waals surface area contributed by atoms with Crippen molar-refractivity contribution in [2.24, 2.45) is 11.7 Å². The highest BCUT2D eigenvalue weighted by atomic mass is 16.4. The fourth-order valence-corrected chi connectivity index (χ4v) is 3.40. The second-order valence-corrected chi connectivity index (χ2v) is 7.07. The van der Waals surface area contributed by atoms with Crippen molar-refractivity contribution in [1.29, 1.82) is 0 Å². The second-order valence-electron chi connectivity index (χ2n) is 7.07. The minimum Gasteiger partial charge on any atom is -0.564 e. The SMILES string of the molecule is C[B]OC(/C=C(\CC#CC)C(CN)C(=O)Nc1ccc2cnccc2c1)=C(CC)CC. The molecule has 1 atom stereocenters. The highest BCUT2D eigenvalue weighted by molar-refractivity contribution is 6.25. The van der Waals surface area contributed by atoms with Gasteiger partial charge in [0.15, 0.2) is 0 Å². The third-order valence-corrected chi connectivity index (χ3v) is 5.14. The predicted octanol–water partition coefficient (Wildman–Crippen LogP) is 4.85. The van der Waals surface area contributed by atoms with Crippen molar-refractivity contribution in [2.45, 2.75) is 46.9 Å². The molecule has 0 aliphatic heterocycles. The number of aromatic nitrogens is 1. The third kappa shape index (κ3) is 6.73. The van der Waals surface area contributed by atoms with Gasteiger partial charge in [-0.2, -0.15) is 0 Å². The normalized spacial score (nSPS) is 11.8. The number of amides is 1. The van der Waals surface area contributed by atoms with Crippen molar-refractivity contribution in [1.82, 2.24) is 4.98 Å². The molecule has 6 heteroatoms. The number of hydrogen-bond donors (Lipinski definition) is 2. The number of nitrogens with zero attached hydrogens (tertiary/aromatic N) is 1. The molecule has 1 radical (unpaired) electrons. The van der Waals surface area contributed by atoms with Gasteiger partial charge in [0.25, 0.3) is 0 Å². The molecule has 5 nitrogen and oxygen atoms in total. The Balaban J connectivity index is 2.37. The third-order valence-electron chi connectivity index (χ3n) is 5.14. The molecule has 0 saturated heterocycles. The van der Waals surface area contributed by atoms with E-state index in [1.54, 1.807) is 26.8 Å². The van der Waals surface area contributed by atoms with Gasteiger partial charge in [-0.15, -0.1) is 5.92 Å². The Bertz CT molecular complexity index is 1010. The maximum atomic E-state index is 13.2. The van der Waals surface area contributed by atoms with Crippen LogP contribution in [-0.2, 0) is 9.45 Å². The molecule has 0 aliphatic carbocycles. The van der Waals surface area contributed by atoms with Crippen LogP contribution in [0.3, 0.4) is 0 Å². The average molecular weight is 416 g/mol. The zero-order chi connectivity index (χ0) is 22.6. The monoisotopic (exact) mass is 416 g/mol. The maximum Gasteiger partial charge on any atom is 0.366 e. The van der Waals surface area contributed by atoms with Crippen LogP contribution in [0.1, 0.15) is 40.0 Å².